The normalized spacial score (nSPS) is 11.2. The molecular weight excluding hydrogens is 258 g/mol. The second-order valence-corrected chi connectivity index (χ2v) is 6.47. The first kappa shape index (κ1) is 13.6. The maximum Gasteiger partial charge on any atom is 0.175 e. The summed E-state index contributed by atoms with van der Waals surface area (Å²) in [5.41, 5.74) is 2.21. The molecule has 0 saturated carbocycles. The number of benzene rings is 2. The highest BCUT2D eigenvalue weighted by molar-refractivity contribution is 7.90. The van der Waals surface area contributed by atoms with Gasteiger partial charge in [-0.3, -0.25) is 0 Å². The van der Waals surface area contributed by atoms with E-state index in [1.807, 2.05) is 18.2 Å². The second kappa shape index (κ2) is 5.89. The number of nitrogens with one attached hydrogen (secondary N) is 1. The molecule has 2 aromatic carbocycles. The Bertz CT molecular complexity index is 619. The van der Waals surface area contributed by atoms with Gasteiger partial charge in [-0.2, -0.15) is 0 Å². The third kappa shape index (κ3) is 4.10. The van der Waals surface area contributed by atoms with E-state index in [4.69, 9.17) is 0 Å². The van der Waals surface area contributed by atoms with Crippen LogP contribution < -0.4 is 5.32 Å². The Morgan fingerprint density at radius 2 is 1.58 bits per heavy atom. The molecule has 0 aliphatic rings. The van der Waals surface area contributed by atoms with Crippen LogP contribution in [0.3, 0.4) is 0 Å². The molecule has 0 amide bonds. The third-order valence-corrected chi connectivity index (χ3v) is 4.00. The van der Waals surface area contributed by atoms with E-state index >= 15 is 0 Å². The smallest absolute Gasteiger partial charge is 0.175 e. The van der Waals surface area contributed by atoms with Gasteiger partial charge in [0.05, 0.1) is 4.90 Å². The van der Waals surface area contributed by atoms with Gasteiger partial charge in [-0.1, -0.05) is 30.3 Å². The average molecular weight is 275 g/mol. The van der Waals surface area contributed by atoms with Crippen molar-refractivity contribution in [2.45, 2.75) is 11.3 Å². The Labute approximate surface area is 114 Å². The summed E-state index contributed by atoms with van der Waals surface area (Å²) < 4.78 is 22.6. The lowest BCUT2D eigenvalue weighted by atomic mass is 10.1. The van der Waals surface area contributed by atoms with Gasteiger partial charge in [-0.05, 0) is 36.2 Å². The van der Waals surface area contributed by atoms with Gasteiger partial charge in [-0.25, -0.2) is 8.42 Å². The number of rotatable bonds is 5. The van der Waals surface area contributed by atoms with Crippen LogP contribution >= 0.6 is 0 Å². The standard InChI is InChI=1S/C15H17NO2S/c1-19(17,18)15-9-7-14(8-10-15)16-12-11-13-5-3-2-4-6-13/h2-10,16H,11-12H2,1H3. The molecule has 0 saturated heterocycles. The minimum Gasteiger partial charge on any atom is -0.385 e. The van der Waals surface area contributed by atoms with Gasteiger partial charge in [0, 0.05) is 18.5 Å². The van der Waals surface area contributed by atoms with Crippen molar-refractivity contribution in [2.75, 3.05) is 18.1 Å². The fraction of sp³-hybridized carbons (Fsp3) is 0.200. The first-order valence-electron chi connectivity index (χ1n) is 6.13. The van der Waals surface area contributed by atoms with Crippen LogP contribution in [0.25, 0.3) is 0 Å². The fourth-order valence-corrected chi connectivity index (χ4v) is 2.45. The van der Waals surface area contributed by atoms with Crippen molar-refractivity contribution >= 4 is 15.5 Å². The Hall–Kier alpha value is -1.81. The number of anilines is 1. The lowest BCUT2D eigenvalue weighted by molar-refractivity contribution is 0.602. The van der Waals surface area contributed by atoms with Crippen LogP contribution in [-0.4, -0.2) is 21.2 Å². The number of hydrogen-bond acceptors (Lipinski definition) is 3. The minimum absolute atomic E-state index is 0.348. The van der Waals surface area contributed by atoms with Gasteiger partial charge >= 0.3 is 0 Å². The van der Waals surface area contributed by atoms with Crippen LogP contribution in [0.1, 0.15) is 5.56 Å². The molecule has 19 heavy (non-hydrogen) atoms. The lowest BCUT2D eigenvalue weighted by Gasteiger charge is -2.07. The van der Waals surface area contributed by atoms with E-state index < -0.39 is 9.84 Å². The minimum atomic E-state index is -3.11. The first-order valence-corrected chi connectivity index (χ1v) is 8.03. The van der Waals surface area contributed by atoms with Crippen LogP contribution in [0.5, 0.6) is 0 Å². The highest BCUT2D eigenvalue weighted by atomic mass is 32.2. The Kier molecular flexibility index (Phi) is 4.22. The molecule has 0 aliphatic carbocycles. The highest BCUT2D eigenvalue weighted by Gasteiger charge is 2.05. The summed E-state index contributed by atoms with van der Waals surface area (Å²) in [6.45, 7) is 0.822. The van der Waals surface area contributed by atoms with Crippen LogP contribution in [0, 0.1) is 0 Å². The molecule has 0 radical (unpaired) electrons. The van der Waals surface area contributed by atoms with E-state index in [9.17, 15) is 8.42 Å². The Balaban J connectivity index is 1.90. The fourth-order valence-electron chi connectivity index (χ4n) is 1.82. The molecule has 0 spiro atoms. The van der Waals surface area contributed by atoms with E-state index in [2.05, 4.69) is 17.4 Å². The monoisotopic (exact) mass is 275 g/mol. The topological polar surface area (TPSA) is 46.2 Å². The Morgan fingerprint density at radius 3 is 2.16 bits per heavy atom. The predicted molar refractivity (Wildman–Crippen MR) is 78.2 cm³/mol. The molecule has 0 aliphatic heterocycles. The van der Waals surface area contributed by atoms with Crippen molar-refractivity contribution in [2.24, 2.45) is 0 Å². The largest absolute Gasteiger partial charge is 0.385 e. The van der Waals surface area contributed by atoms with Crippen LogP contribution in [-0.2, 0) is 16.3 Å². The molecule has 0 heterocycles. The maximum atomic E-state index is 11.3. The molecular formula is C15H17NO2S. The summed E-state index contributed by atoms with van der Waals surface area (Å²) in [4.78, 5) is 0.348. The predicted octanol–water partition coefficient (Wildman–Crippen LogP) is 2.74. The highest BCUT2D eigenvalue weighted by Crippen LogP contribution is 2.13. The summed E-state index contributed by atoms with van der Waals surface area (Å²) in [5, 5.41) is 3.28. The van der Waals surface area contributed by atoms with Crippen molar-refractivity contribution in [1.29, 1.82) is 0 Å². The molecule has 0 bridgehead atoms. The molecule has 0 fully saturated rings. The average Bonchev–Trinajstić information content (AvgIpc) is 2.39. The quantitative estimate of drug-likeness (QED) is 0.912. The SMILES string of the molecule is CS(=O)(=O)c1ccc(NCCc2ccccc2)cc1. The molecule has 2 rings (SSSR count). The summed E-state index contributed by atoms with van der Waals surface area (Å²) in [7, 11) is -3.11. The van der Waals surface area contributed by atoms with Crippen LogP contribution in [0.4, 0.5) is 5.69 Å². The van der Waals surface area contributed by atoms with Crippen molar-refractivity contribution in [3.63, 3.8) is 0 Å². The van der Waals surface area contributed by atoms with Gasteiger partial charge < -0.3 is 5.32 Å². The van der Waals surface area contributed by atoms with Crippen molar-refractivity contribution < 1.29 is 8.42 Å². The van der Waals surface area contributed by atoms with Gasteiger partial charge in [-0.15, -0.1) is 0 Å². The summed E-state index contributed by atoms with van der Waals surface area (Å²) in [6.07, 6.45) is 2.15. The molecule has 2 aromatic rings. The third-order valence-electron chi connectivity index (χ3n) is 2.87. The van der Waals surface area contributed by atoms with Crippen LogP contribution in [0.2, 0.25) is 0 Å². The van der Waals surface area contributed by atoms with E-state index in [0.29, 0.717) is 4.90 Å². The molecule has 4 heteroatoms. The first-order chi connectivity index (χ1) is 9.05. The van der Waals surface area contributed by atoms with Gasteiger partial charge in [0.2, 0.25) is 0 Å². The molecule has 0 unspecified atom stereocenters. The van der Waals surface area contributed by atoms with E-state index in [1.165, 1.54) is 11.8 Å². The number of hydrogen-bond donors (Lipinski definition) is 1. The summed E-state index contributed by atoms with van der Waals surface area (Å²) >= 11 is 0. The van der Waals surface area contributed by atoms with E-state index in [1.54, 1.807) is 24.3 Å². The molecule has 0 aromatic heterocycles. The maximum absolute atomic E-state index is 11.3. The molecule has 100 valence electrons. The van der Waals surface area contributed by atoms with Crippen molar-refractivity contribution in [1.82, 2.24) is 0 Å². The van der Waals surface area contributed by atoms with Crippen LogP contribution in [0.15, 0.2) is 59.5 Å². The second-order valence-electron chi connectivity index (χ2n) is 4.46. The van der Waals surface area contributed by atoms with E-state index in [-0.39, 0.29) is 0 Å². The summed E-state index contributed by atoms with van der Waals surface area (Å²) in [5.74, 6) is 0. The van der Waals surface area contributed by atoms with Crippen molar-refractivity contribution in [3.8, 4) is 0 Å². The summed E-state index contributed by atoms with van der Waals surface area (Å²) in [6, 6.07) is 17.1. The Morgan fingerprint density at radius 1 is 0.947 bits per heavy atom. The van der Waals surface area contributed by atoms with Gasteiger partial charge in [0.15, 0.2) is 9.84 Å². The van der Waals surface area contributed by atoms with E-state index in [0.717, 1.165) is 18.7 Å². The zero-order valence-corrected chi connectivity index (χ0v) is 11.7. The molecule has 3 nitrogen and oxygen atoms in total. The zero-order chi connectivity index (χ0) is 13.7. The van der Waals surface area contributed by atoms with Gasteiger partial charge in [0.25, 0.3) is 0 Å². The molecule has 0 atom stereocenters. The van der Waals surface area contributed by atoms with Gasteiger partial charge in [0.1, 0.15) is 0 Å². The van der Waals surface area contributed by atoms with Crippen molar-refractivity contribution in [3.05, 3.63) is 60.2 Å². The lowest BCUT2D eigenvalue weighted by Crippen LogP contribution is -2.05. The number of sulfone groups is 1. The zero-order valence-electron chi connectivity index (χ0n) is 10.8. The molecule has 1 N–H and O–H groups in total.